The van der Waals surface area contributed by atoms with Crippen LogP contribution >= 0.6 is 11.3 Å². The highest BCUT2D eigenvalue weighted by molar-refractivity contribution is 7.08. The minimum atomic E-state index is 0.597. The number of fused-ring (bicyclic) bond motifs is 3. The Kier molecular flexibility index (Phi) is 3.43. The van der Waals surface area contributed by atoms with Crippen molar-refractivity contribution >= 4 is 39.5 Å². The van der Waals surface area contributed by atoms with E-state index >= 15 is 0 Å². The van der Waals surface area contributed by atoms with Gasteiger partial charge in [0, 0.05) is 18.1 Å². The molecule has 0 N–H and O–H groups in total. The van der Waals surface area contributed by atoms with Crippen LogP contribution in [0.25, 0.3) is 27.8 Å². The molecule has 0 saturated heterocycles. The van der Waals surface area contributed by atoms with Crippen molar-refractivity contribution in [3.63, 3.8) is 0 Å². The van der Waals surface area contributed by atoms with Crippen LogP contribution in [0, 0.1) is 0 Å². The molecule has 0 atom stereocenters. The molecule has 26 heavy (non-hydrogen) atoms. The molecule has 0 amide bonds. The zero-order valence-electron chi connectivity index (χ0n) is 14.1. The lowest BCUT2D eigenvalue weighted by Crippen LogP contribution is -2.13. The van der Waals surface area contributed by atoms with Crippen LogP contribution in [0.15, 0.2) is 71.7 Å². The van der Waals surface area contributed by atoms with Crippen molar-refractivity contribution in [2.75, 3.05) is 11.9 Å². The summed E-state index contributed by atoms with van der Waals surface area (Å²) in [5.74, 6) is 1.46. The molecule has 5 rings (SSSR count). The van der Waals surface area contributed by atoms with Gasteiger partial charge in [-0.2, -0.15) is 16.3 Å². The number of benzene rings is 2. The predicted molar refractivity (Wildman–Crippen MR) is 106 cm³/mol. The van der Waals surface area contributed by atoms with Gasteiger partial charge in [-0.1, -0.05) is 24.3 Å². The molecule has 0 unspecified atom stereocenters. The quantitative estimate of drug-likeness (QED) is 0.466. The van der Waals surface area contributed by atoms with Gasteiger partial charge in [0.15, 0.2) is 0 Å². The van der Waals surface area contributed by atoms with E-state index in [-0.39, 0.29) is 0 Å². The Bertz CT molecular complexity index is 1210. The molecule has 6 heteroatoms. The van der Waals surface area contributed by atoms with E-state index in [1.807, 2.05) is 23.6 Å². The smallest absolute Gasteiger partial charge is 0.257 e. The lowest BCUT2D eigenvalue weighted by molar-refractivity contribution is 1.08. The summed E-state index contributed by atoms with van der Waals surface area (Å²) in [7, 11) is 2.04. The maximum absolute atomic E-state index is 4.75. The Balaban J connectivity index is 1.69. The van der Waals surface area contributed by atoms with Gasteiger partial charge in [-0.15, -0.1) is 10.2 Å². The van der Waals surface area contributed by atoms with Gasteiger partial charge in [-0.25, -0.2) is 0 Å². The van der Waals surface area contributed by atoms with Crippen molar-refractivity contribution in [1.29, 1.82) is 0 Å². The second-order valence-electron chi connectivity index (χ2n) is 6.07. The highest BCUT2D eigenvalue weighted by atomic mass is 32.1. The molecule has 5 nitrogen and oxygen atoms in total. The molecule has 0 spiro atoms. The standard InChI is InChI=1S/C20H15N5S/c1-24(16-6-4-5-14(11-16)15-9-10-26-12-15)19-17-7-2-3-8-18(17)25-13-21-23-20(25)22-19/h2-13H,1H3. The Labute approximate surface area is 154 Å². The van der Waals surface area contributed by atoms with E-state index in [9.17, 15) is 0 Å². The molecule has 0 aliphatic rings. The van der Waals surface area contributed by atoms with Gasteiger partial charge in [0.25, 0.3) is 5.78 Å². The highest BCUT2D eigenvalue weighted by Gasteiger charge is 2.14. The zero-order chi connectivity index (χ0) is 17.5. The molecule has 0 aliphatic carbocycles. The van der Waals surface area contributed by atoms with Crippen LogP contribution in [0.3, 0.4) is 0 Å². The maximum atomic E-state index is 4.75. The van der Waals surface area contributed by atoms with Crippen LogP contribution in [0.4, 0.5) is 11.5 Å². The fourth-order valence-corrected chi connectivity index (χ4v) is 3.87. The Morgan fingerprint density at radius 2 is 1.92 bits per heavy atom. The molecule has 0 saturated carbocycles. The van der Waals surface area contributed by atoms with Crippen molar-refractivity contribution < 1.29 is 0 Å². The van der Waals surface area contributed by atoms with E-state index < -0.39 is 0 Å². The minimum Gasteiger partial charge on any atom is -0.329 e. The van der Waals surface area contributed by atoms with Gasteiger partial charge in [-0.3, -0.25) is 4.40 Å². The first kappa shape index (κ1) is 15.0. The van der Waals surface area contributed by atoms with E-state index in [0.717, 1.165) is 22.4 Å². The minimum absolute atomic E-state index is 0.597. The number of hydrogen-bond donors (Lipinski definition) is 0. The second-order valence-corrected chi connectivity index (χ2v) is 6.85. The van der Waals surface area contributed by atoms with Crippen molar-refractivity contribution in [2.24, 2.45) is 0 Å². The maximum Gasteiger partial charge on any atom is 0.257 e. The summed E-state index contributed by atoms with van der Waals surface area (Å²) in [6, 6.07) is 18.8. The largest absolute Gasteiger partial charge is 0.329 e. The molecule has 0 radical (unpaired) electrons. The lowest BCUT2D eigenvalue weighted by Gasteiger charge is -2.21. The van der Waals surface area contributed by atoms with Gasteiger partial charge < -0.3 is 4.90 Å². The summed E-state index contributed by atoms with van der Waals surface area (Å²) < 4.78 is 1.91. The normalized spacial score (nSPS) is 11.3. The fraction of sp³-hybridized carbons (Fsp3) is 0.0500. The molecular formula is C20H15N5S. The van der Waals surface area contributed by atoms with Gasteiger partial charge >= 0.3 is 0 Å². The number of rotatable bonds is 3. The molecule has 0 aliphatic heterocycles. The molecule has 0 bridgehead atoms. The molecule has 5 aromatic rings. The fourth-order valence-electron chi connectivity index (χ4n) is 3.20. The van der Waals surface area contributed by atoms with Crippen molar-refractivity contribution in [2.45, 2.75) is 0 Å². The van der Waals surface area contributed by atoms with E-state index in [1.165, 1.54) is 11.1 Å². The predicted octanol–water partition coefficient (Wildman–Crippen LogP) is 4.77. The molecule has 126 valence electrons. The Hall–Kier alpha value is -3.25. The van der Waals surface area contributed by atoms with Crippen molar-refractivity contribution in [1.82, 2.24) is 19.6 Å². The van der Waals surface area contributed by atoms with Gasteiger partial charge in [0.1, 0.15) is 12.1 Å². The highest BCUT2D eigenvalue weighted by Crippen LogP contribution is 2.32. The van der Waals surface area contributed by atoms with Crippen LogP contribution < -0.4 is 4.90 Å². The first-order chi connectivity index (χ1) is 12.8. The van der Waals surface area contributed by atoms with E-state index in [4.69, 9.17) is 4.98 Å². The van der Waals surface area contributed by atoms with E-state index in [2.05, 4.69) is 68.3 Å². The number of nitrogens with zero attached hydrogens (tertiary/aromatic N) is 5. The van der Waals surface area contributed by atoms with Crippen LogP contribution in [-0.2, 0) is 0 Å². The number of hydrogen-bond acceptors (Lipinski definition) is 5. The average Bonchev–Trinajstić information content (AvgIpc) is 3.38. The average molecular weight is 357 g/mol. The SMILES string of the molecule is CN(c1cccc(-c2ccsc2)c1)c1nc2nncn2c2ccccc12. The van der Waals surface area contributed by atoms with E-state index in [0.29, 0.717) is 5.78 Å². The third-order valence-corrected chi connectivity index (χ3v) is 5.23. The zero-order valence-corrected chi connectivity index (χ0v) is 14.9. The molecule has 0 fully saturated rings. The van der Waals surface area contributed by atoms with Crippen LogP contribution in [-0.4, -0.2) is 26.6 Å². The summed E-state index contributed by atoms with van der Waals surface area (Å²) in [4.78, 5) is 6.85. The number of anilines is 2. The Morgan fingerprint density at radius 3 is 2.81 bits per heavy atom. The Morgan fingerprint density at radius 1 is 1.00 bits per heavy atom. The topological polar surface area (TPSA) is 46.3 Å². The first-order valence-electron chi connectivity index (χ1n) is 8.26. The van der Waals surface area contributed by atoms with Crippen LogP contribution in [0.5, 0.6) is 0 Å². The van der Waals surface area contributed by atoms with Crippen molar-refractivity contribution in [3.05, 3.63) is 71.7 Å². The van der Waals surface area contributed by atoms with Crippen molar-refractivity contribution in [3.8, 4) is 11.1 Å². The van der Waals surface area contributed by atoms with Crippen LogP contribution in [0.1, 0.15) is 0 Å². The van der Waals surface area contributed by atoms with Crippen LogP contribution in [0.2, 0.25) is 0 Å². The van der Waals surface area contributed by atoms with Gasteiger partial charge in [-0.05, 0) is 52.2 Å². The molecule has 2 aromatic carbocycles. The lowest BCUT2D eigenvalue weighted by atomic mass is 10.1. The monoisotopic (exact) mass is 357 g/mol. The first-order valence-corrected chi connectivity index (χ1v) is 9.20. The summed E-state index contributed by atoms with van der Waals surface area (Å²) in [5, 5.41) is 13.5. The van der Waals surface area contributed by atoms with E-state index in [1.54, 1.807) is 17.7 Å². The summed E-state index contributed by atoms with van der Waals surface area (Å²) in [6.45, 7) is 0. The number of aromatic nitrogens is 4. The third-order valence-electron chi connectivity index (χ3n) is 4.55. The molecule has 3 heterocycles. The molecule has 3 aromatic heterocycles. The third kappa shape index (κ3) is 2.34. The summed E-state index contributed by atoms with van der Waals surface area (Å²) >= 11 is 1.71. The summed E-state index contributed by atoms with van der Waals surface area (Å²) in [5.41, 5.74) is 4.55. The number of thiophene rings is 1. The summed E-state index contributed by atoms with van der Waals surface area (Å²) in [6.07, 6.45) is 1.70. The van der Waals surface area contributed by atoms with Gasteiger partial charge in [0.2, 0.25) is 0 Å². The van der Waals surface area contributed by atoms with Gasteiger partial charge in [0.05, 0.1) is 5.52 Å². The second kappa shape index (κ2) is 5.93. The molecular weight excluding hydrogens is 342 g/mol. The number of para-hydroxylation sites is 1.